The Hall–Kier alpha value is -1.84. The van der Waals surface area contributed by atoms with Crippen LogP contribution in [-0.2, 0) is 0 Å². The van der Waals surface area contributed by atoms with E-state index in [0.29, 0.717) is 29.6 Å². The summed E-state index contributed by atoms with van der Waals surface area (Å²) in [4.78, 5) is 22.8. The first-order valence-electron chi connectivity index (χ1n) is 6.56. The normalized spacial score (nSPS) is 12.1. The van der Waals surface area contributed by atoms with E-state index in [9.17, 15) is 9.59 Å². The first-order valence-corrected chi connectivity index (χ1v) is 6.56. The lowest BCUT2D eigenvalue weighted by Crippen LogP contribution is -2.33. The fourth-order valence-electron chi connectivity index (χ4n) is 1.45. The standard InChI is InChI=1S/C15H22N2O2/c1-10(2)11(3)9-16-15(19)17-14-7-5-13(6-8-14)12(4)18/h5-8,10-11H,9H2,1-4H3,(H2,16,17,19). The van der Waals surface area contributed by atoms with Crippen LogP contribution < -0.4 is 10.6 Å². The van der Waals surface area contributed by atoms with Crippen molar-refractivity contribution in [2.24, 2.45) is 11.8 Å². The summed E-state index contributed by atoms with van der Waals surface area (Å²) in [6, 6.07) is 6.64. The van der Waals surface area contributed by atoms with Gasteiger partial charge in [0.1, 0.15) is 0 Å². The molecule has 0 aliphatic carbocycles. The predicted molar refractivity (Wildman–Crippen MR) is 77.5 cm³/mol. The minimum Gasteiger partial charge on any atom is -0.338 e. The van der Waals surface area contributed by atoms with Gasteiger partial charge in [-0.15, -0.1) is 0 Å². The summed E-state index contributed by atoms with van der Waals surface area (Å²) in [5.74, 6) is 0.989. The molecule has 0 saturated heterocycles. The number of anilines is 1. The Morgan fingerprint density at radius 1 is 1.11 bits per heavy atom. The van der Waals surface area contributed by atoms with Crippen LogP contribution in [0.3, 0.4) is 0 Å². The maximum atomic E-state index is 11.7. The maximum Gasteiger partial charge on any atom is 0.319 e. The number of carbonyl (C=O) groups excluding carboxylic acids is 2. The molecule has 0 aliphatic heterocycles. The van der Waals surface area contributed by atoms with Crippen molar-refractivity contribution in [1.29, 1.82) is 0 Å². The highest BCUT2D eigenvalue weighted by molar-refractivity contribution is 5.95. The Morgan fingerprint density at radius 3 is 2.16 bits per heavy atom. The van der Waals surface area contributed by atoms with E-state index in [-0.39, 0.29) is 11.8 Å². The van der Waals surface area contributed by atoms with E-state index in [0.717, 1.165) is 0 Å². The molecule has 2 amide bonds. The Morgan fingerprint density at radius 2 is 1.68 bits per heavy atom. The molecule has 1 atom stereocenters. The third kappa shape index (κ3) is 5.12. The van der Waals surface area contributed by atoms with E-state index < -0.39 is 0 Å². The Labute approximate surface area is 114 Å². The summed E-state index contributed by atoms with van der Waals surface area (Å²) in [5.41, 5.74) is 1.32. The molecule has 0 aromatic heterocycles. The summed E-state index contributed by atoms with van der Waals surface area (Å²) in [6.45, 7) is 8.53. The number of benzene rings is 1. The first-order chi connectivity index (χ1) is 8.90. The topological polar surface area (TPSA) is 58.2 Å². The van der Waals surface area contributed by atoms with Crippen LogP contribution in [0.4, 0.5) is 10.5 Å². The lowest BCUT2D eigenvalue weighted by molar-refractivity contribution is 0.101. The number of carbonyl (C=O) groups is 2. The van der Waals surface area contributed by atoms with Crippen molar-refractivity contribution in [2.75, 3.05) is 11.9 Å². The van der Waals surface area contributed by atoms with Gasteiger partial charge in [-0.3, -0.25) is 4.79 Å². The molecule has 0 bridgehead atoms. The van der Waals surface area contributed by atoms with Crippen molar-refractivity contribution in [3.63, 3.8) is 0 Å². The van der Waals surface area contributed by atoms with Gasteiger partial charge >= 0.3 is 6.03 Å². The minimum absolute atomic E-state index is 0.0155. The van der Waals surface area contributed by atoms with Crippen molar-refractivity contribution in [2.45, 2.75) is 27.7 Å². The number of nitrogens with one attached hydrogen (secondary N) is 2. The van der Waals surface area contributed by atoms with Crippen molar-refractivity contribution >= 4 is 17.5 Å². The number of rotatable bonds is 5. The number of urea groups is 1. The molecule has 0 aliphatic rings. The molecule has 4 heteroatoms. The molecular weight excluding hydrogens is 240 g/mol. The number of hydrogen-bond donors (Lipinski definition) is 2. The van der Waals surface area contributed by atoms with E-state index in [2.05, 4.69) is 31.4 Å². The molecule has 4 nitrogen and oxygen atoms in total. The van der Waals surface area contributed by atoms with Crippen LogP contribution in [0.15, 0.2) is 24.3 Å². The lowest BCUT2D eigenvalue weighted by Gasteiger charge is -2.16. The molecule has 0 heterocycles. The molecule has 1 aromatic rings. The third-order valence-electron chi connectivity index (χ3n) is 3.27. The van der Waals surface area contributed by atoms with E-state index >= 15 is 0 Å². The van der Waals surface area contributed by atoms with Crippen LogP contribution in [0.2, 0.25) is 0 Å². The molecule has 0 fully saturated rings. The second-order valence-electron chi connectivity index (χ2n) is 5.19. The van der Waals surface area contributed by atoms with Gasteiger partial charge in [0.2, 0.25) is 0 Å². The van der Waals surface area contributed by atoms with Gasteiger partial charge in [-0.2, -0.15) is 0 Å². The Bertz CT molecular complexity index is 438. The average molecular weight is 262 g/mol. The second kappa shape index (κ2) is 6.92. The Balaban J connectivity index is 2.46. The molecule has 2 N–H and O–H groups in total. The van der Waals surface area contributed by atoms with Crippen LogP contribution in [-0.4, -0.2) is 18.4 Å². The lowest BCUT2D eigenvalue weighted by atomic mass is 9.98. The Kier molecular flexibility index (Phi) is 5.55. The maximum absolute atomic E-state index is 11.7. The zero-order valence-corrected chi connectivity index (χ0v) is 12.0. The highest BCUT2D eigenvalue weighted by Crippen LogP contribution is 2.10. The molecule has 1 unspecified atom stereocenters. The summed E-state index contributed by atoms with van der Waals surface area (Å²) < 4.78 is 0. The molecule has 1 aromatic carbocycles. The number of Topliss-reactive ketones (excluding diaryl/α,β-unsaturated/α-hetero) is 1. The molecule has 1 rings (SSSR count). The quantitative estimate of drug-likeness (QED) is 0.800. The molecular formula is C15H22N2O2. The fraction of sp³-hybridized carbons (Fsp3) is 0.467. The molecule has 0 spiro atoms. The van der Waals surface area contributed by atoms with Gasteiger partial charge in [-0.25, -0.2) is 4.79 Å². The largest absolute Gasteiger partial charge is 0.338 e. The minimum atomic E-state index is -0.219. The average Bonchev–Trinajstić information content (AvgIpc) is 2.36. The summed E-state index contributed by atoms with van der Waals surface area (Å²) >= 11 is 0. The van der Waals surface area contributed by atoms with Crippen molar-refractivity contribution in [3.8, 4) is 0 Å². The van der Waals surface area contributed by atoms with E-state index in [4.69, 9.17) is 0 Å². The molecule has 0 saturated carbocycles. The fourth-order valence-corrected chi connectivity index (χ4v) is 1.45. The smallest absolute Gasteiger partial charge is 0.319 e. The van der Waals surface area contributed by atoms with Gasteiger partial charge in [-0.05, 0) is 43.0 Å². The van der Waals surface area contributed by atoms with Gasteiger partial charge in [0.15, 0.2) is 5.78 Å². The van der Waals surface area contributed by atoms with Gasteiger partial charge < -0.3 is 10.6 Å². The van der Waals surface area contributed by atoms with Crippen molar-refractivity contribution < 1.29 is 9.59 Å². The summed E-state index contributed by atoms with van der Waals surface area (Å²) in [6.07, 6.45) is 0. The molecule has 0 radical (unpaired) electrons. The van der Waals surface area contributed by atoms with Gasteiger partial charge in [0.05, 0.1) is 0 Å². The zero-order chi connectivity index (χ0) is 14.4. The van der Waals surface area contributed by atoms with E-state index in [1.165, 1.54) is 6.92 Å². The van der Waals surface area contributed by atoms with Crippen molar-refractivity contribution in [1.82, 2.24) is 5.32 Å². The van der Waals surface area contributed by atoms with Crippen LogP contribution in [0.1, 0.15) is 38.1 Å². The van der Waals surface area contributed by atoms with Gasteiger partial charge in [0.25, 0.3) is 0 Å². The third-order valence-corrected chi connectivity index (χ3v) is 3.27. The van der Waals surface area contributed by atoms with Crippen LogP contribution >= 0.6 is 0 Å². The predicted octanol–water partition coefficient (Wildman–Crippen LogP) is 3.30. The number of ketones is 1. The number of amides is 2. The molecule has 19 heavy (non-hydrogen) atoms. The zero-order valence-electron chi connectivity index (χ0n) is 12.0. The van der Waals surface area contributed by atoms with Crippen LogP contribution in [0, 0.1) is 11.8 Å². The van der Waals surface area contributed by atoms with Crippen molar-refractivity contribution in [3.05, 3.63) is 29.8 Å². The highest BCUT2D eigenvalue weighted by Gasteiger charge is 2.09. The highest BCUT2D eigenvalue weighted by atomic mass is 16.2. The summed E-state index contributed by atoms with van der Waals surface area (Å²) in [7, 11) is 0. The first kappa shape index (κ1) is 15.2. The molecule has 104 valence electrons. The summed E-state index contributed by atoms with van der Waals surface area (Å²) in [5, 5.41) is 5.57. The SMILES string of the molecule is CC(=O)c1ccc(NC(=O)NCC(C)C(C)C)cc1. The number of hydrogen-bond acceptors (Lipinski definition) is 2. The van der Waals surface area contributed by atoms with E-state index in [1.54, 1.807) is 24.3 Å². The van der Waals surface area contributed by atoms with E-state index in [1.807, 2.05) is 0 Å². The van der Waals surface area contributed by atoms with Gasteiger partial charge in [0, 0.05) is 17.8 Å². The van der Waals surface area contributed by atoms with Crippen LogP contribution in [0.25, 0.3) is 0 Å². The second-order valence-corrected chi connectivity index (χ2v) is 5.19. The monoisotopic (exact) mass is 262 g/mol. The van der Waals surface area contributed by atoms with Crippen LogP contribution in [0.5, 0.6) is 0 Å². The van der Waals surface area contributed by atoms with Gasteiger partial charge in [-0.1, -0.05) is 20.8 Å².